The van der Waals surface area contributed by atoms with Crippen LogP contribution in [0.3, 0.4) is 0 Å². The summed E-state index contributed by atoms with van der Waals surface area (Å²) in [5, 5.41) is 9.05. The molecule has 1 atom stereocenters. The highest BCUT2D eigenvalue weighted by Gasteiger charge is 2.06. The highest BCUT2D eigenvalue weighted by atomic mass is 32.2. The van der Waals surface area contributed by atoms with Crippen molar-refractivity contribution in [1.29, 1.82) is 0 Å². The van der Waals surface area contributed by atoms with Crippen LogP contribution in [0.5, 0.6) is 0 Å². The lowest BCUT2D eigenvalue weighted by atomic mass is 10.2. The van der Waals surface area contributed by atoms with Gasteiger partial charge in [0.15, 0.2) is 0 Å². The molecule has 8 heteroatoms. The Kier molecular flexibility index (Phi) is 2.37. The number of fused-ring (bicyclic) bond motifs is 1. The topological polar surface area (TPSA) is 115 Å². The minimum absolute atomic E-state index is 0.0244. The first-order valence-corrected chi connectivity index (χ1v) is 5.16. The lowest BCUT2D eigenvalue weighted by Crippen LogP contribution is -2.33. The second-order valence-electron chi connectivity index (χ2n) is 2.99. The Hall–Kier alpha value is -1.93. The Morgan fingerprint density at radius 1 is 1.38 bits per heavy atom. The van der Waals surface area contributed by atoms with Gasteiger partial charge in [0.2, 0.25) is 0 Å². The van der Waals surface area contributed by atoms with Gasteiger partial charge in [-0.25, -0.2) is 4.79 Å². The van der Waals surface area contributed by atoms with Crippen LogP contribution in [-0.2, 0) is 11.1 Å². The lowest BCUT2D eigenvalue weighted by molar-refractivity contribution is 0.162. The molecule has 1 unspecified atom stereocenters. The predicted octanol–water partition coefficient (Wildman–Crippen LogP) is -0.835. The van der Waals surface area contributed by atoms with Gasteiger partial charge >= 0.3 is 5.69 Å². The van der Waals surface area contributed by atoms with E-state index in [1.54, 1.807) is 0 Å². The molecule has 0 amide bonds. The summed E-state index contributed by atoms with van der Waals surface area (Å²) in [4.78, 5) is 24.5. The van der Waals surface area contributed by atoms with E-state index >= 15 is 0 Å². The van der Waals surface area contributed by atoms with Crippen LogP contribution in [0.15, 0.2) is 32.7 Å². The smallest absolute Gasteiger partial charge is 0.362 e. The molecule has 1 aromatic carbocycles. The molecule has 2 rings (SSSR count). The maximum absolute atomic E-state index is 11.4. The van der Waals surface area contributed by atoms with Crippen molar-refractivity contribution in [2.45, 2.75) is 4.90 Å². The molecule has 0 saturated heterocycles. The van der Waals surface area contributed by atoms with Crippen molar-refractivity contribution >= 4 is 22.0 Å². The van der Waals surface area contributed by atoms with Crippen molar-refractivity contribution in [3.8, 4) is 0 Å². The zero-order valence-corrected chi connectivity index (χ0v) is 8.48. The first-order valence-electron chi connectivity index (χ1n) is 4.08. The number of aromatic amines is 1. The number of nitrogens with one attached hydrogen (secondary N) is 1. The lowest BCUT2D eigenvalue weighted by Gasteiger charge is -2.06. The minimum Gasteiger partial charge on any atom is -0.768 e. The van der Waals surface area contributed by atoms with E-state index in [9.17, 15) is 18.4 Å². The number of aromatic nitrogens is 2. The standard InChI is InChI=1S/C8H6N2O5S/c11-7-5-2-1-4(16(14)15)3-6(5)9-8(12)10(7)13/h1-3,13H,(H,9,12)(H,14,15)/p-1. The van der Waals surface area contributed by atoms with Gasteiger partial charge in [0.05, 0.1) is 10.9 Å². The second-order valence-corrected chi connectivity index (χ2v) is 3.93. The van der Waals surface area contributed by atoms with Gasteiger partial charge in [0.1, 0.15) is 0 Å². The summed E-state index contributed by atoms with van der Waals surface area (Å²) < 4.78 is 21.2. The molecule has 0 aliphatic heterocycles. The van der Waals surface area contributed by atoms with Crippen LogP contribution in [0.2, 0.25) is 0 Å². The molecule has 7 nitrogen and oxygen atoms in total. The minimum atomic E-state index is -2.45. The van der Waals surface area contributed by atoms with Crippen molar-refractivity contribution in [3.63, 3.8) is 0 Å². The van der Waals surface area contributed by atoms with Gasteiger partial charge < -0.3 is 14.7 Å². The highest BCUT2D eigenvalue weighted by molar-refractivity contribution is 7.79. The maximum Gasteiger partial charge on any atom is 0.362 e. The molecule has 1 aromatic heterocycles. The molecule has 16 heavy (non-hydrogen) atoms. The largest absolute Gasteiger partial charge is 0.768 e. The molecule has 0 spiro atoms. The van der Waals surface area contributed by atoms with Crippen LogP contribution < -0.4 is 11.2 Å². The zero-order valence-electron chi connectivity index (χ0n) is 7.67. The van der Waals surface area contributed by atoms with Crippen molar-refractivity contribution in [3.05, 3.63) is 39.0 Å². The van der Waals surface area contributed by atoms with E-state index < -0.39 is 22.3 Å². The molecule has 0 radical (unpaired) electrons. The van der Waals surface area contributed by atoms with Gasteiger partial charge in [-0.15, -0.1) is 0 Å². The van der Waals surface area contributed by atoms with E-state index in [-0.39, 0.29) is 20.5 Å². The van der Waals surface area contributed by atoms with Crippen LogP contribution in [0.4, 0.5) is 0 Å². The fourth-order valence-electron chi connectivity index (χ4n) is 1.29. The van der Waals surface area contributed by atoms with Gasteiger partial charge in [-0.05, 0) is 29.3 Å². The predicted molar refractivity (Wildman–Crippen MR) is 53.2 cm³/mol. The number of rotatable bonds is 1. The summed E-state index contributed by atoms with van der Waals surface area (Å²) in [6.07, 6.45) is 0. The van der Waals surface area contributed by atoms with Crippen LogP contribution in [-0.4, -0.2) is 23.7 Å². The van der Waals surface area contributed by atoms with Gasteiger partial charge in [-0.3, -0.25) is 9.00 Å². The van der Waals surface area contributed by atoms with Crippen molar-refractivity contribution in [1.82, 2.24) is 9.71 Å². The Morgan fingerprint density at radius 3 is 2.69 bits per heavy atom. The number of hydrogen-bond acceptors (Lipinski definition) is 5. The normalized spacial score (nSPS) is 12.8. The number of nitrogens with zero attached hydrogens (tertiary/aromatic N) is 1. The zero-order chi connectivity index (χ0) is 11.9. The van der Waals surface area contributed by atoms with Crippen molar-refractivity contribution in [2.75, 3.05) is 0 Å². The monoisotopic (exact) mass is 241 g/mol. The first kappa shape index (κ1) is 10.6. The summed E-state index contributed by atoms with van der Waals surface area (Å²) in [6.45, 7) is 0. The van der Waals surface area contributed by atoms with E-state index in [1.165, 1.54) is 12.1 Å². The van der Waals surface area contributed by atoms with E-state index in [2.05, 4.69) is 4.98 Å². The van der Waals surface area contributed by atoms with Crippen LogP contribution in [0.1, 0.15) is 0 Å². The Balaban J connectivity index is 2.92. The molecule has 2 aromatic rings. The van der Waals surface area contributed by atoms with Gasteiger partial charge in [-0.2, -0.15) is 0 Å². The van der Waals surface area contributed by atoms with E-state index in [0.717, 1.165) is 6.07 Å². The Labute approximate surface area is 90.2 Å². The van der Waals surface area contributed by atoms with Crippen molar-refractivity contribution in [2.24, 2.45) is 0 Å². The van der Waals surface area contributed by atoms with E-state index in [1.807, 2.05) is 0 Å². The molecule has 0 aliphatic rings. The third-order valence-electron chi connectivity index (χ3n) is 2.04. The first-order chi connectivity index (χ1) is 7.50. The summed E-state index contributed by atoms with van der Waals surface area (Å²) >= 11 is -2.45. The van der Waals surface area contributed by atoms with Gasteiger partial charge in [0.25, 0.3) is 5.56 Å². The summed E-state index contributed by atoms with van der Waals surface area (Å²) in [6, 6.07) is 3.55. The van der Waals surface area contributed by atoms with Gasteiger partial charge in [-0.1, -0.05) is 4.73 Å². The van der Waals surface area contributed by atoms with E-state index in [4.69, 9.17) is 5.21 Å². The summed E-state index contributed by atoms with van der Waals surface area (Å²) in [7, 11) is 0. The molecule has 84 valence electrons. The highest BCUT2D eigenvalue weighted by Crippen LogP contribution is 2.11. The number of hydrogen-bond donors (Lipinski definition) is 2. The van der Waals surface area contributed by atoms with E-state index in [0.29, 0.717) is 0 Å². The van der Waals surface area contributed by atoms with Crippen LogP contribution in [0, 0.1) is 0 Å². The van der Waals surface area contributed by atoms with Crippen LogP contribution >= 0.6 is 0 Å². The fraction of sp³-hybridized carbons (Fsp3) is 0. The molecule has 1 heterocycles. The van der Waals surface area contributed by atoms with Gasteiger partial charge in [0, 0.05) is 4.90 Å². The fourth-order valence-corrected chi connectivity index (χ4v) is 1.68. The number of H-pyrrole nitrogens is 1. The maximum atomic E-state index is 11.4. The van der Waals surface area contributed by atoms with Crippen molar-refractivity contribution < 1.29 is 14.0 Å². The molecule has 2 N–H and O–H groups in total. The molecule has 0 fully saturated rings. The quantitative estimate of drug-likeness (QED) is 0.499. The average Bonchev–Trinajstić information content (AvgIpc) is 2.25. The third kappa shape index (κ3) is 1.53. The summed E-state index contributed by atoms with van der Waals surface area (Å²) in [5.41, 5.74) is -1.87. The second kappa shape index (κ2) is 3.58. The Morgan fingerprint density at radius 2 is 2.06 bits per heavy atom. The molecule has 0 aliphatic carbocycles. The average molecular weight is 241 g/mol. The molecular formula is C8H5N2O5S-. The Bertz CT molecular complexity index is 702. The number of benzene rings is 1. The molecule has 0 saturated carbocycles. The summed E-state index contributed by atoms with van der Waals surface area (Å²) in [5.74, 6) is 0. The molecule has 0 bridgehead atoms. The third-order valence-corrected chi connectivity index (χ3v) is 2.68. The SMILES string of the molecule is O=c1[nH]c2cc(S(=O)[O-])ccc2c(=O)n1O. The van der Waals surface area contributed by atoms with Crippen LogP contribution in [0.25, 0.3) is 10.9 Å². The molecular weight excluding hydrogens is 236 g/mol.